The molecule has 0 fully saturated rings. The summed E-state index contributed by atoms with van der Waals surface area (Å²) in [5.74, 6) is 0.222. The van der Waals surface area contributed by atoms with E-state index in [4.69, 9.17) is 4.74 Å². The molecule has 0 bridgehead atoms. The monoisotopic (exact) mass is 358 g/mol. The van der Waals surface area contributed by atoms with Gasteiger partial charge in [-0.05, 0) is 36.2 Å². The Bertz CT molecular complexity index is 690. The summed E-state index contributed by atoms with van der Waals surface area (Å²) in [5, 5.41) is 5.47. The first kappa shape index (κ1) is 19.4. The van der Waals surface area contributed by atoms with Crippen LogP contribution in [0.1, 0.15) is 18.4 Å². The van der Waals surface area contributed by atoms with Crippen molar-refractivity contribution in [3.8, 4) is 5.75 Å². The number of nitrogens with one attached hydrogen (secondary N) is 2. The number of carbonyl (C=O) groups is 2. The summed E-state index contributed by atoms with van der Waals surface area (Å²) >= 11 is 0. The molecule has 0 spiro atoms. The lowest BCUT2D eigenvalue weighted by Gasteiger charge is -2.08. The number of ether oxygens (including phenoxy) is 1. The molecule has 2 aromatic carbocycles. The van der Waals surface area contributed by atoms with Crippen LogP contribution in [0.2, 0.25) is 0 Å². The number of carbonyl (C=O) groups excluding carboxylic acids is 2. The fourth-order valence-electron chi connectivity index (χ4n) is 2.28. The van der Waals surface area contributed by atoms with Crippen molar-refractivity contribution in [2.24, 2.45) is 0 Å². The Morgan fingerprint density at radius 1 is 0.885 bits per heavy atom. The minimum Gasteiger partial charge on any atom is -0.494 e. The fraction of sp³-hybridized carbons (Fsp3) is 0.300. The lowest BCUT2D eigenvalue weighted by molar-refractivity contribution is -0.122. The molecular formula is C20H23FN2O3. The Morgan fingerprint density at radius 3 is 2.23 bits per heavy atom. The van der Waals surface area contributed by atoms with Crippen LogP contribution < -0.4 is 15.4 Å². The van der Waals surface area contributed by atoms with E-state index in [9.17, 15) is 14.0 Å². The van der Waals surface area contributed by atoms with Gasteiger partial charge in [-0.15, -0.1) is 0 Å². The summed E-state index contributed by atoms with van der Waals surface area (Å²) in [6, 6.07) is 15.2. The van der Waals surface area contributed by atoms with Crippen molar-refractivity contribution in [3.05, 3.63) is 66.0 Å². The topological polar surface area (TPSA) is 67.4 Å². The number of benzene rings is 2. The molecule has 5 nitrogen and oxygen atoms in total. The summed E-state index contributed by atoms with van der Waals surface area (Å²) in [7, 11) is 0. The molecule has 0 saturated heterocycles. The summed E-state index contributed by atoms with van der Waals surface area (Å²) in [6.07, 6.45) is 1.18. The minimum atomic E-state index is -0.328. The quantitative estimate of drug-likeness (QED) is 0.641. The third-order valence-corrected chi connectivity index (χ3v) is 3.61. The molecule has 0 saturated carbocycles. The van der Waals surface area contributed by atoms with Crippen LogP contribution in [-0.2, 0) is 16.0 Å². The van der Waals surface area contributed by atoms with Gasteiger partial charge in [-0.2, -0.15) is 0 Å². The molecule has 0 aromatic heterocycles. The zero-order valence-electron chi connectivity index (χ0n) is 14.5. The maximum absolute atomic E-state index is 12.8. The molecule has 0 radical (unpaired) electrons. The van der Waals surface area contributed by atoms with Gasteiger partial charge in [0.05, 0.1) is 13.0 Å². The van der Waals surface area contributed by atoms with E-state index in [0.717, 1.165) is 11.3 Å². The summed E-state index contributed by atoms with van der Waals surface area (Å²) in [6.45, 7) is 1.20. The average Bonchev–Trinajstić information content (AvgIpc) is 2.65. The molecule has 26 heavy (non-hydrogen) atoms. The second kappa shape index (κ2) is 10.9. The van der Waals surface area contributed by atoms with E-state index >= 15 is 0 Å². The fourth-order valence-corrected chi connectivity index (χ4v) is 2.28. The van der Waals surface area contributed by atoms with Gasteiger partial charge in [-0.1, -0.05) is 30.3 Å². The number of para-hydroxylation sites is 1. The molecule has 0 aliphatic carbocycles. The number of amides is 2. The first-order valence-corrected chi connectivity index (χ1v) is 8.59. The van der Waals surface area contributed by atoms with Gasteiger partial charge < -0.3 is 15.4 Å². The van der Waals surface area contributed by atoms with Crippen molar-refractivity contribution >= 4 is 11.8 Å². The molecule has 6 heteroatoms. The van der Waals surface area contributed by atoms with Gasteiger partial charge in [0.25, 0.3) is 0 Å². The van der Waals surface area contributed by atoms with Crippen molar-refractivity contribution in [3.63, 3.8) is 0 Å². The first-order chi connectivity index (χ1) is 12.6. The minimum absolute atomic E-state index is 0.0746. The van der Waals surface area contributed by atoms with Gasteiger partial charge >= 0.3 is 0 Å². The Morgan fingerprint density at radius 2 is 1.54 bits per heavy atom. The second-order valence-corrected chi connectivity index (χ2v) is 5.77. The van der Waals surface area contributed by atoms with Crippen molar-refractivity contribution in [2.45, 2.75) is 19.3 Å². The van der Waals surface area contributed by atoms with Crippen molar-refractivity contribution in [1.82, 2.24) is 10.6 Å². The normalized spacial score (nSPS) is 10.2. The lowest BCUT2D eigenvalue weighted by atomic mass is 10.1. The highest BCUT2D eigenvalue weighted by Gasteiger charge is 2.04. The van der Waals surface area contributed by atoms with Crippen LogP contribution in [-0.4, -0.2) is 31.5 Å². The number of hydrogen-bond acceptors (Lipinski definition) is 3. The van der Waals surface area contributed by atoms with Crippen LogP contribution in [0.5, 0.6) is 5.75 Å². The van der Waals surface area contributed by atoms with Gasteiger partial charge in [0.1, 0.15) is 11.6 Å². The molecule has 2 aromatic rings. The maximum Gasteiger partial charge on any atom is 0.224 e. The Labute approximate surface area is 152 Å². The highest BCUT2D eigenvalue weighted by molar-refractivity contribution is 5.78. The van der Waals surface area contributed by atoms with E-state index in [1.807, 2.05) is 30.3 Å². The Balaban J connectivity index is 1.50. The molecule has 0 atom stereocenters. The third kappa shape index (κ3) is 7.79. The van der Waals surface area contributed by atoms with E-state index in [1.165, 1.54) is 12.1 Å². The molecule has 0 unspecified atom stereocenters. The molecule has 0 heterocycles. The Hall–Kier alpha value is -2.89. The van der Waals surface area contributed by atoms with E-state index in [-0.39, 0.29) is 24.1 Å². The van der Waals surface area contributed by atoms with Crippen LogP contribution in [0.15, 0.2) is 54.6 Å². The summed E-state index contributed by atoms with van der Waals surface area (Å²) in [5.41, 5.74) is 0.742. The zero-order valence-corrected chi connectivity index (χ0v) is 14.5. The molecule has 2 N–H and O–H groups in total. The van der Waals surface area contributed by atoms with Gasteiger partial charge in [-0.3, -0.25) is 9.59 Å². The van der Waals surface area contributed by atoms with Crippen molar-refractivity contribution < 1.29 is 18.7 Å². The number of rotatable bonds is 10. The predicted octanol–water partition coefficient (Wildman–Crippen LogP) is 2.46. The van der Waals surface area contributed by atoms with Gasteiger partial charge in [0.15, 0.2) is 0 Å². The van der Waals surface area contributed by atoms with Crippen LogP contribution in [0.25, 0.3) is 0 Å². The third-order valence-electron chi connectivity index (χ3n) is 3.61. The predicted molar refractivity (Wildman–Crippen MR) is 97.3 cm³/mol. The molecule has 2 rings (SSSR count). The Kier molecular flexibility index (Phi) is 8.12. The first-order valence-electron chi connectivity index (χ1n) is 8.59. The molecular weight excluding hydrogens is 335 g/mol. The lowest BCUT2D eigenvalue weighted by Crippen LogP contribution is -2.35. The summed E-state index contributed by atoms with van der Waals surface area (Å²) in [4.78, 5) is 23.5. The molecule has 138 valence electrons. The van der Waals surface area contributed by atoms with E-state index < -0.39 is 0 Å². The van der Waals surface area contributed by atoms with Crippen molar-refractivity contribution in [1.29, 1.82) is 0 Å². The van der Waals surface area contributed by atoms with E-state index in [2.05, 4.69) is 10.6 Å². The van der Waals surface area contributed by atoms with Gasteiger partial charge in [0, 0.05) is 19.5 Å². The number of hydrogen-bond donors (Lipinski definition) is 2. The van der Waals surface area contributed by atoms with Crippen LogP contribution in [0.4, 0.5) is 4.39 Å². The molecule has 0 aliphatic rings. The SMILES string of the molecule is O=C(CCCOc1ccccc1)NCCNC(=O)Cc1ccc(F)cc1. The molecule has 2 amide bonds. The van der Waals surface area contributed by atoms with Crippen LogP contribution in [0, 0.1) is 5.82 Å². The second-order valence-electron chi connectivity index (χ2n) is 5.77. The van der Waals surface area contributed by atoms with Gasteiger partial charge in [0.2, 0.25) is 11.8 Å². The van der Waals surface area contributed by atoms with Crippen LogP contribution in [0.3, 0.4) is 0 Å². The maximum atomic E-state index is 12.8. The highest BCUT2D eigenvalue weighted by Crippen LogP contribution is 2.08. The standard InChI is InChI=1S/C20H23FN2O3/c21-17-10-8-16(9-11-17)15-20(25)23-13-12-22-19(24)7-4-14-26-18-5-2-1-3-6-18/h1-3,5-6,8-11H,4,7,12-15H2,(H,22,24)(H,23,25). The largest absolute Gasteiger partial charge is 0.494 e. The highest BCUT2D eigenvalue weighted by atomic mass is 19.1. The van der Waals surface area contributed by atoms with Crippen LogP contribution >= 0.6 is 0 Å². The average molecular weight is 358 g/mol. The van der Waals surface area contributed by atoms with E-state index in [1.54, 1.807) is 12.1 Å². The molecule has 0 aliphatic heterocycles. The van der Waals surface area contributed by atoms with E-state index in [0.29, 0.717) is 32.5 Å². The van der Waals surface area contributed by atoms with Crippen molar-refractivity contribution in [2.75, 3.05) is 19.7 Å². The smallest absolute Gasteiger partial charge is 0.224 e. The summed E-state index contributed by atoms with van der Waals surface area (Å²) < 4.78 is 18.3. The van der Waals surface area contributed by atoms with Gasteiger partial charge in [-0.25, -0.2) is 4.39 Å². The number of halogens is 1. The zero-order chi connectivity index (χ0) is 18.6.